The van der Waals surface area contributed by atoms with E-state index in [2.05, 4.69) is 5.32 Å². The maximum Gasteiger partial charge on any atom is 0.321 e. The molecule has 128 valence electrons. The number of carbonyl (C=O) groups excluding carboxylic acids is 1. The first kappa shape index (κ1) is 17.9. The van der Waals surface area contributed by atoms with Crippen LogP contribution >= 0.6 is 0 Å². The number of hydrogen-bond acceptors (Lipinski definition) is 3. The van der Waals surface area contributed by atoms with Crippen LogP contribution < -0.4 is 5.32 Å². The molecule has 2 rings (SSSR count). The number of urea groups is 1. The number of aliphatic hydroxyl groups excluding tert-OH is 1. The third-order valence-corrected chi connectivity index (χ3v) is 3.33. The summed E-state index contributed by atoms with van der Waals surface area (Å²) in [6, 6.07) is 14.8. The van der Waals surface area contributed by atoms with Crippen molar-refractivity contribution in [2.24, 2.45) is 0 Å². The quantitative estimate of drug-likeness (QED) is 0.819. The zero-order valence-corrected chi connectivity index (χ0v) is 13.5. The highest BCUT2D eigenvalue weighted by molar-refractivity contribution is 5.89. The lowest BCUT2D eigenvalue weighted by molar-refractivity contribution is 0.0188. The second kappa shape index (κ2) is 9.00. The van der Waals surface area contributed by atoms with E-state index in [1.165, 1.54) is 23.1 Å². The summed E-state index contributed by atoms with van der Waals surface area (Å²) >= 11 is 0. The number of ether oxygens (including phenoxy) is 1. The molecule has 0 bridgehead atoms. The van der Waals surface area contributed by atoms with Gasteiger partial charge in [0.25, 0.3) is 0 Å². The van der Waals surface area contributed by atoms with Gasteiger partial charge in [-0.05, 0) is 23.8 Å². The van der Waals surface area contributed by atoms with Crippen LogP contribution in [0.1, 0.15) is 5.56 Å². The first-order valence-electron chi connectivity index (χ1n) is 7.62. The average molecular weight is 332 g/mol. The van der Waals surface area contributed by atoms with Gasteiger partial charge in [0.05, 0.1) is 25.9 Å². The summed E-state index contributed by atoms with van der Waals surface area (Å²) in [7, 11) is 1.55. The molecule has 0 heterocycles. The lowest BCUT2D eigenvalue weighted by Gasteiger charge is -2.21. The Bertz CT molecular complexity index is 652. The maximum atomic E-state index is 13.1. The van der Waals surface area contributed by atoms with Gasteiger partial charge in [-0.3, -0.25) is 0 Å². The number of rotatable bonds is 7. The van der Waals surface area contributed by atoms with Gasteiger partial charge in [-0.2, -0.15) is 0 Å². The average Bonchev–Trinajstić information content (AvgIpc) is 2.55. The number of hydrogen-bond donors (Lipinski definition) is 2. The molecule has 2 aromatic carbocycles. The number of amides is 2. The normalized spacial score (nSPS) is 11.8. The molecule has 0 unspecified atom stereocenters. The van der Waals surface area contributed by atoms with Crippen LogP contribution in [0.3, 0.4) is 0 Å². The molecular formula is C18H21FN2O3. The van der Waals surface area contributed by atoms with Gasteiger partial charge in [0.2, 0.25) is 0 Å². The van der Waals surface area contributed by atoms with E-state index in [0.29, 0.717) is 12.3 Å². The minimum atomic E-state index is -0.808. The Hall–Kier alpha value is -2.44. The fourth-order valence-electron chi connectivity index (χ4n) is 2.12. The summed E-state index contributed by atoms with van der Waals surface area (Å²) in [6.45, 7) is 0.625. The van der Waals surface area contributed by atoms with E-state index in [1.54, 1.807) is 13.1 Å². The lowest BCUT2D eigenvalue weighted by atomic mass is 10.2. The molecule has 1 atom stereocenters. The molecule has 6 heteroatoms. The Morgan fingerprint density at radius 1 is 1.25 bits per heavy atom. The van der Waals surface area contributed by atoms with Crippen LogP contribution in [0.15, 0.2) is 54.6 Å². The van der Waals surface area contributed by atoms with E-state index < -0.39 is 18.0 Å². The smallest absolute Gasteiger partial charge is 0.321 e. The molecular weight excluding hydrogens is 311 g/mol. The van der Waals surface area contributed by atoms with Crippen LogP contribution in [0.4, 0.5) is 14.9 Å². The summed E-state index contributed by atoms with van der Waals surface area (Å²) in [5.41, 5.74) is 1.38. The van der Waals surface area contributed by atoms with Crippen LogP contribution in [-0.4, -0.2) is 42.3 Å². The van der Waals surface area contributed by atoms with Crippen molar-refractivity contribution in [2.45, 2.75) is 12.7 Å². The van der Waals surface area contributed by atoms with Crippen molar-refractivity contribution in [1.82, 2.24) is 4.90 Å². The maximum absolute atomic E-state index is 13.1. The van der Waals surface area contributed by atoms with Crippen molar-refractivity contribution in [3.63, 3.8) is 0 Å². The first-order chi connectivity index (χ1) is 11.5. The molecule has 0 saturated carbocycles. The van der Waals surface area contributed by atoms with E-state index in [-0.39, 0.29) is 13.2 Å². The third kappa shape index (κ3) is 5.98. The number of aliphatic hydroxyl groups is 1. The summed E-state index contributed by atoms with van der Waals surface area (Å²) in [5.74, 6) is -0.426. The molecule has 24 heavy (non-hydrogen) atoms. The standard InChI is InChI=1S/C18H21FN2O3/c1-21(18(23)20-16-9-5-8-15(19)10-16)11-17(22)13-24-12-14-6-3-2-4-7-14/h2-10,17,22H,11-13H2,1H3,(H,20,23)/t17-/m1/s1. The Kier molecular flexibility index (Phi) is 6.72. The van der Waals surface area contributed by atoms with E-state index in [9.17, 15) is 14.3 Å². The molecule has 0 aromatic heterocycles. The lowest BCUT2D eigenvalue weighted by Crippen LogP contribution is -2.38. The molecule has 2 amide bonds. The molecule has 5 nitrogen and oxygen atoms in total. The molecule has 0 spiro atoms. The minimum Gasteiger partial charge on any atom is -0.389 e. The zero-order chi connectivity index (χ0) is 17.4. The van der Waals surface area contributed by atoms with Gasteiger partial charge >= 0.3 is 6.03 Å². The second-order valence-corrected chi connectivity index (χ2v) is 5.48. The van der Waals surface area contributed by atoms with E-state index in [1.807, 2.05) is 30.3 Å². The number of likely N-dealkylation sites (N-methyl/N-ethyl adjacent to an activating group) is 1. The number of carbonyl (C=O) groups is 1. The van der Waals surface area contributed by atoms with Gasteiger partial charge in [-0.1, -0.05) is 36.4 Å². The Labute approximate surface area is 140 Å². The van der Waals surface area contributed by atoms with Crippen molar-refractivity contribution < 1.29 is 19.0 Å². The predicted molar refractivity (Wildman–Crippen MR) is 90.2 cm³/mol. The number of nitrogens with zero attached hydrogens (tertiary/aromatic N) is 1. The highest BCUT2D eigenvalue weighted by Crippen LogP contribution is 2.10. The second-order valence-electron chi connectivity index (χ2n) is 5.48. The van der Waals surface area contributed by atoms with E-state index >= 15 is 0 Å². The van der Waals surface area contributed by atoms with Crippen LogP contribution in [0.2, 0.25) is 0 Å². The summed E-state index contributed by atoms with van der Waals surface area (Å²) in [5, 5.41) is 12.5. The summed E-state index contributed by atoms with van der Waals surface area (Å²) in [6.07, 6.45) is -0.808. The van der Waals surface area contributed by atoms with Gasteiger partial charge in [-0.25, -0.2) is 9.18 Å². The topological polar surface area (TPSA) is 61.8 Å². The molecule has 0 saturated heterocycles. The number of benzene rings is 2. The van der Waals surface area contributed by atoms with Crippen LogP contribution in [0.5, 0.6) is 0 Å². The molecule has 0 radical (unpaired) electrons. The van der Waals surface area contributed by atoms with Gasteiger partial charge in [0, 0.05) is 12.7 Å². The molecule has 2 aromatic rings. The van der Waals surface area contributed by atoms with Crippen molar-refractivity contribution >= 4 is 11.7 Å². The van der Waals surface area contributed by atoms with Gasteiger partial charge in [-0.15, -0.1) is 0 Å². The number of halogens is 1. The number of nitrogens with one attached hydrogen (secondary N) is 1. The van der Waals surface area contributed by atoms with Gasteiger partial charge < -0.3 is 20.1 Å². The summed E-state index contributed by atoms with van der Waals surface area (Å²) in [4.78, 5) is 13.3. The Morgan fingerprint density at radius 3 is 2.71 bits per heavy atom. The SMILES string of the molecule is CN(C[C@@H](O)COCc1ccccc1)C(=O)Nc1cccc(F)c1. The minimum absolute atomic E-state index is 0.107. The van der Waals surface area contributed by atoms with Crippen molar-refractivity contribution in [2.75, 3.05) is 25.5 Å². The van der Waals surface area contributed by atoms with Crippen molar-refractivity contribution in [1.29, 1.82) is 0 Å². The molecule has 2 N–H and O–H groups in total. The first-order valence-corrected chi connectivity index (χ1v) is 7.62. The van der Waals surface area contributed by atoms with E-state index in [4.69, 9.17) is 4.74 Å². The van der Waals surface area contributed by atoms with Crippen molar-refractivity contribution in [3.05, 3.63) is 66.0 Å². The Balaban J connectivity index is 1.72. The monoisotopic (exact) mass is 332 g/mol. The van der Waals surface area contributed by atoms with E-state index in [0.717, 1.165) is 5.56 Å². The predicted octanol–water partition coefficient (Wildman–Crippen LogP) is 2.87. The molecule has 0 fully saturated rings. The van der Waals surface area contributed by atoms with Gasteiger partial charge in [0.15, 0.2) is 0 Å². The van der Waals surface area contributed by atoms with Crippen LogP contribution in [0, 0.1) is 5.82 Å². The number of anilines is 1. The van der Waals surface area contributed by atoms with Crippen molar-refractivity contribution in [3.8, 4) is 0 Å². The zero-order valence-electron chi connectivity index (χ0n) is 13.5. The Morgan fingerprint density at radius 2 is 2.00 bits per heavy atom. The molecule has 0 aliphatic carbocycles. The molecule has 0 aliphatic rings. The third-order valence-electron chi connectivity index (χ3n) is 3.33. The van der Waals surface area contributed by atoms with Crippen LogP contribution in [0.25, 0.3) is 0 Å². The highest BCUT2D eigenvalue weighted by Gasteiger charge is 2.14. The summed E-state index contributed by atoms with van der Waals surface area (Å²) < 4.78 is 18.5. The largest absolute Gasteiger partial charge is 0.389 e. The fourth-order valence-corrected chi connectivity index (χ4v) is 2.12. The molecule has 0 aliphatic heterocycles. The highest BCUT2D eigenvalue weighted by atomic mass is 19.1. The van der Waals surface area contributed by atoms with Crippen LogP contribution in [-0.2, 0) is 11.3 Å². The van der Waals surface area contributed by atoms with Gasteiger partial charge in [0.1, 0.15) is 5.82 Å². The fraction of sp³-hybridized carbons (Fsp3) is 0.278.